The lowest BCUT2D eigenvalue weighted by Crippen LogP contribution is -2.31. The molecule has 2 atom stereocenters. The van der Waals surface area contributed by atoms with Gasteiger partial charge in [-0.3, -0.25) is 0 Å². The standard InChI is InChI=1S/C13H19ClFNO/c1-9(17-3)6-11(16-2)7-10-4-5-12(14)13(15)8-10/h4-5,8-9,11,16H,6-7H2,1-3H3. The molecule has 1 aromatic carbocycles. The summed E-state index contributed by atoms with van der Waals surface area (Å²) in [4.78, 5) is 0. The number of ether oxygens (including phenoxy) is 1. The Morgan fingerprint density at radius 1 is 1.47 bits per heavy atom. The van der Waals surface area contributed by atoms with E-state index >= 15 is 0 Å². The van der Waals surface area contributed by atoms with Gasteiger partial charge in [-0.05, 0) is 44.5 Å². The highest BCUT2D eigenvalue weighted by Crippen LogP contribution is 2.17. The van der Waals surface area contributed by atoms with Crippen LogP contribution in [0.2, 0.25) is 5.02 Å². The van der Waals surface area contributed by atoms with Gasteiger partial charge in [-0.25, -0.2) is 4.39 Å². The summed E-state index contributed by atoms with van der Waals surface area (Å²) in [7, 11) is 3.60. The van der Waals surface area contributed by atoms with E-state index in [0.29, 0.717) is 0 Å². The number of likely N-dealkylation sites (N-methyl/N-ethyl adjacent to an activating group) is 1. The maximum atomic E-state index is 13.3. The predicted octanol–water partition coefficient (Wildman–Crippen LogP) is 3.03. The van der Waals surface area contributed by atoms with Gasteiger partial charge < -0.3 is 10.1 Å². The number of hydrogen-bond donors (Lipinski definition) is 1. The van der Waals surface area contributed by atoms with Gasteiger partial charge in [0.25, 0.3) is 0 Å². The van der Waals surface area contributed by atoms with Crippen LogP contribution in [0.25, 0.3) is 0 Å². The van der Waals surface area contributed by atoms with E-state index in [9.17, 15) is 4.39 Å². The number of hydrogen-bond acceptors (Lipinski definition) is 2. The fourth-order valence-corrected chi connectivity index (χ4v) is 1.87. The van der Waals surface area contributed by atoms with E-state index in [1.54, 1.807) is 13.2 Å². The smallest absolute Gasteiger partial charge is 0.142 e. The van der Waals surface area contributed by atoms with Crippen molar-refractivity contribution in [1.29, 1.82) is 0 Å². The van der Waals surface area contributed by atoms with Crippen molar-refractivity contribution in [2.24, 2.45) is 0 Å². The summed E-state index contributed by atoms with van der Waals surface area (Å²) in [6.45, 7) is 2.02. The molecule has 0 saturated carbocycles. The molecule has 0 fully saturated rings. The van der Waals surface area contributed by atoms with Gasteiger partial charge in [-0.15, -0.1) is 0 Å². The second kappa shape index (κ2) is 6.94. The Kier molecular flexibility index (Phi) is 5.89. The van der Waals surface area contributed by atoms with Crippen LogP contribution in [0, 0.1) is 5.82 Å². The molecular weight excluding hydrogens is 241 g/mol. The molecular formula is C13H19ClFNO. The van der Waals surface area contributed by atoms with Gasteiger partial charge >= 0.3 is 0 Å². The first-order valence-electron chi connectivity index (χ1n) is 5.70. The van der Waals surface area contributed by atoms with E-state index in [1.165, 1.54) is 6.07 Å². The monoisotopic (exact) mass is 259 g/mol. The van der Waals surface area contributed by atoms with E-state index in [4.69, 9.17) is 16.3 Å². The van der Waals surface area contributed by atoms with Crippen molar-refractivity contribution in [3.63, 3.8) is 0 Å². The molecule has 96 valence electrons. The van der Waals surface area contributed by atoms with Crippen molar-refractivity contribution in [2.45, 2.75) is 31.9 Å². The van der Waals surface area contributed by atoms with E-state index in [0.717, 1.165) is 18.4 Å². The van der Waals surface area contributed by atoms with Crippen molar-refractivity contribution in [2.75, 3.05) is 14.2 Å². The van der Waals surface area contributed by atoms with E-state index < -0.39 is 0 Å². The van der Waals surface area contributed by atoms with Crippen molar-refractivity contribution in [3.05, 3.63) is 34.6 Å². The third kappa shape index (κ3) is 4.62. The van der Waals surface area contributed by atoms with Crippen LogP contribution in [-0.4, -0.2) is 26.3 Å². The van der Waals surface area contributed by atoms with E-state index in [-0.39, 0.29) is 23.0 Å². The maximum absolute atomic E-state index is 13.3. The highest BCUT2D eigenvalue weighted by atomic mass is 35.5. The molecule has 1 rings (SSSR count). The Bertz CT molecular complexity index is 359. The fraction of sp³-hybridized carbons (Fsp3) is 0.538. The first-order valence-corrected chi connectivity index (χ1v) is 6.08. The Labute approximate surface area is 107 Å². The molecule has 0 heterocycles. The Morgan fingerprint density at radius 2 is 2.18 bits per heavy atom. The lowest BCUT2D eigenvalue weighted by molar-refractivity contribution is 0.101. The molecule has 0 saturated heterocycles. The lowest BCUT2D eigenvalue weighted by atomic mass is 10.0. The van der Waals surface area contributed by atoms with Crippen LogP contribution in [0.3, 0.4) is 0 Å². The number of benzene rings is 1. The first kappa shape index (κ1) is 14.4. The van der Waals surface area contributed by atoms with Crippen LogP contribution in [0.5, 0.6) is 0 Å². The normalized spacial score (nSPS) is 14.6. The number of methoxy groups -OCH3 is 1. The molecule has 0 aliphatic rings. The molecule has 4 heteroatoms. The van der Waals surface area contributed by atoms with Gasteiger partial charge in [-0.2, -0.15) is 0 Å². The molecule has 0 aliphatic carbocycles. The van der Waals surface area contributed by atoms with Crippen molar-refractivity contribution in [3.8, 4) is 0 Å². The van der Waals surface area contributed by atoms with Gasteiger partial charge in [0, 0.05) is 13.2 Å². The minimum atomic E-state index is -0.362. The number of halogens is 2. The lowest BCUT2D eigenvalue weighted by Gasteiger charge is -2.20. The molecule has 0 amide bonds. The Balaban J connectivity index is 2.63. The van der Waals surface area contributed by atoms with Crippen LogP contribution >= 0.6 is 11.6 Å². The quantitative estimate of drug-likeness (QED) is 0.848. The molecule has 2 unspecified atom stereocenters. The maximum Gasteiger partial charge on any atom is 0.142 e. The van der Waals surface area contributed by atoms with Crippen molar-refractivity contribution < 1.29 is 9.13 Å². The molecule has 17 heavy (non-hydrogen) atoms. The van der Waals surface area contributed by atoms with Crippen LogP contribution in [0.4, 0.5) is 4.39 Å². The summed E-state index contributed by atoms with van der Waals surface area (Å²) >= 11 is 5.65. The molecule has 0 bridgehead atoms. The second-order valence-electron chi connectivity index (χ2n) is 4.22. The third-order valence-corrected chi connectivity index (χ3v) is 3.20. The molecule has 0 radical (unpaired) electrons. The van der Waals surface area contributed by atoms with Crippen molar-refractivity contribution >= 4 is 11.6 Å². The fourth-order valence-electron chi connectivity index (χ4n) is 1.75. The summed E-state index contributed by atoms with van der Waals surface area (Å²) in [5.74, 6) is -0.362. The summed E-state index contributed by atoms with van der Waals surface area (Å²) in [5, 5.41) is 3.38. The average molecular weight is 260 g/mol. The molecule has 1 N–H and O–H groups in total. The summed E-state index contributed by atoms with van der Waals surface area (Å²) in [6, 6.07) is 5.21. The third-order valence-electron chi connectivity index (χ3n) is 2.89. The van der Waals surface area contributed by atoms with Gasteiger partial charge in [0.15, 0.2) is 0 Å². The minimum absolute atomic E-state index is 0.167. The highest BCUT2D eigenvalue weighted by Gasteiger charge is 2.12. The van der Waals surface area contributed by atoms with Crippen LogP contribution in [0.1, 0.15) is 18.9 Å². The Morgan fingerprint density at radius 3 is 2.71 bits per heavy atom. The molecule has 0 aromatic heterocycles. The highest BCUT2D eigenvalue weighted by molar-refractivity contribution is 6.30. The zero-order valence-electron chi connectivity index (χ0n) is 10.5. The predicted molar refractivity (Wildman–Crippen MR) is 69.0 cm³/mol. The summed E-state index contributed by atoms with van der Waals surface area (Å²) in [5.41, 5.74) is 0.939. The zero-order valence-corrected chi connectivity index (χ0v) is 11.2. The first-order chi connectivity index (χ1) is 8.06. The summed E-state index contributed by atoms with van der Waals surface area (Å²) in [6.07, 6.45) is 1.83. The van der Waals surface area contributed by atoms with Crippen LogP contribution < -0.4 is 5.32 Å². The van der Waals surface area contributed by atoms with Gasteiger partial charge in [0.05, 0.1) is 11.1 Å². The van der Waals surface area contributed by atoms with Crippen LogP contribution in [-0.2, 0) is 11.2 Å². The van der Waals surface area contributed by atoms with E-state index in [2.05, 4.69) is 5.32 Å². The molecule has 0 spiro atoms. The summed E-state index contributed by atoms with van der Waals surface area (Å²) < 4.78 is 18.5. The topological polar surface area (TPSA) is 21.3 Å². The van der Waals surface area contributed by atoms with E-state index in [1.807, 2.05) is 20.0 Å². The number of rotatable bonds is 6. The number of nitrogens with one attached hydrogen (secondary N) is 1. The minimum Gasteiger partial charge on any atom is -0.382 e. The van der Waals surface area contributed by atoms with Gasteiger partial charge in [0.1, 0.15) is 5.82 Å². The second-order valence-corrected chi connectivity index (χ2v) is 4.63. The van der Waals surface area contributed by atoms with Crippen molar-refractivity contribution in [1.82, 2.24) is 5.32 Å². The molecule has 0 aliphatic heterocycles. The largest absolute Gasteiger partial charge is 0.382 e. The SMILES string of the molecule is CNC(Cc1ccc(Cl)c(F)c1)CC(C)OC. The molecule has 1 aromatic rings. The van der Waals surface area contributed by atoms with Gasteiger partial charge in [-0.1, -0.05) is 17.7 Å². The average Bonchev–Trinajstić information content (AvgIpc) is 2.32. The Hall–Kier alpha value is -0.640. The van der Waals surface area contributed by atoms with Crippen LogP contribution in [0.15, 0.2) is 18.2 Å². The zero-order chi connectivity index (χ0) is 12.8. The molecule has 2 nitrogen and oxygen atoms in total. The van der Waals surface area contributed by atoms with Gasteiger partial charge in [0.2, 0.25) is 0 Å².